The van der Waals surface area contributed by atoms with Gasteiger partial charge in [-0.2, -0.15) is 0 Å². The molecule has 2 heteroatoms. The second kappa shape index (κ2) is 4.02. The van der Waals surface area contributed by atoms with Crippen LogP contribution in [0.5, 0.6) is 0 Å². The summed E-state index contributed by atoms with van der Waals surface area (Å²) in [5.74, 6) is 1.30. The Bertz CT molecular complexity index is 140. The fourth-order valence-electron chi connectivity index (χ4n) is 1.17. The van der Waals surface area contributed by atoms with Crippen molar-refractivity contribution in [2.24, 2.45) is 0 Å². The summed E-state index contributed by atoms with van der Waals surface area (Å²) in [6, 6.07) is 0. The van der Waals surface area contributed by atoms with Crippen molar-refractivity contribution in [1.82, 2.24) is 0 Å². The van der Waals surface area contributed by atoms with E-state index in [0.717, 1.165) is 0 Å². The van der Waals surface area contributed by atoms with E-state index < -0.39 is 0 Å². The van der Waals surface area contributed by atoms with Crippen LogP contribution in [0.2, 0.25) is 0 Å². The molecule has 0 aromatic heterocycles. The largest absolute Gasteiger partial charge is 0.227 e. The molecule has 0 aliphatic carbocycles. The standard InChI is InChI=1S/C8H16NS/c1-3-4-5-9-6-7-10-8(9)2/h3-7H2,1-2H3/q+1. The number of nitrogens with zero attached hydrogens (tertiary/aromatic N) is 1. The molecule has 0 spiro atoms. The summed E-state index contributed by atoms with van der Waals surface area (Å²) >= 11 is 2.00. The molecule has 58 valence electrons. The van der Waals surface area contributed by atoms with Crippen LogP contribution < -0.4 is 0 Å². The molecule has 1 aliphatic rings. The molecule has 0 radical (unpaired) electrons. The Morgan fingerprint density at radius 1 is 1.60 bits per heavy atom. The van der Waals surface area contributed by atoms with E-state index in [1.807, 2.05) is 11.8 Å². The molecule has 0 fully saturated rings. The fourth-order valence-corrected chi connectivity index (χ4v) is 2.14. The highest BCUT2D eigenvalue weighted by Gasteiger charge is 2.17. The van der Waals surface area contributed by atoms with Gasteiger partial charge >= 0.3 is 0 Å². The number of hydrogen-bond donors (Lipinski definition) is 0. The molecular formula is C8H16NS+. The third-order valence-electron chi connectivity index (χ3n) is 1.90. The van der Waals surface area contributed by atoms with Crippen LogP contribution in [0.25, 0.3) is 0 Å². The molecule has 1 rings (SSSR count). The van der Waals surface area contributed by atoms with Crippen LogP contribution in [0.15, 0.2) is 0 Å². The lowest BCUT2D eigenvalue weighted by Gasteiger charge is -1.95. The van der Waals surface area contributed by atoms with Gasteiger partial charge in [-0.3, -0.25) is 0 Å². The highest BCUT2D eigenvalue weighted by atomic mass is 32.2. The predicted molar refractivity (Wildman–Crippen MR) is 48.0 cm³/mol. The van der Waals surface area contributed by atoms with Gasteiger partial charge in [0.15, 0.2) is 6.54 Å². The van der Waals surface area contributed by atoms with Gasteiger partial charge in [0.2, 0.25) is 5.04 Å². The SMILES string of the molecule is CCCC[N+]1=C(C)SCC1. The van der Waals surface area contributed by atoms with Gasteiger partial charge in [-0.15, -0.1) is 0 Å². The molecule has 0 unspecified atom stereocenters. The summed E-state index contributed by atoms with van der Waals surface area (Å²) in [5, 5.41) is 1.52. The molecule has 1 nitrogen and oxygen atoms in total. The van der Waals surface area contributed by atoms with Gasteiger partial charge in [0, 0.05) is 13.3 Å². The van der Waals surface area contributed by atoms with Gasteiger partial charge in [-0.1, -0.05) is 25.1 Å². The Kier molecular flexibility index (Phi) is 3.26. The Morgan fingerprint density at radius 3 is 2.90 bits per heavy atom. The smallest absolute Gasteiger partial charge is 0.207 e. The van der Waals surface area contributed by atoms with Gasteiger partial charge in [0.05, 0.1) is 5.75 Å². The average Bonchev–Trinajstić information content (AvgIpc) is 2.31. The fraction of sp³-hybridized carbons (Fsp3) is 0.875. The summed E-state index contributed by atoms with van der Waals surface area (Å²) in [4.78, 5) is 0. The lowest BCUT2D eigenvalue weighted by atomic mass is 10.3. The van der Waals surface area contributed by atoms with Gasteiger partial charge in [0.1, 0.15) is 6.54 Å². The molecule has 0 bridgehead atoms. The van der Waals surface area contributed by atoms with Gasteiger partial charge < -0.3 is 0 Å². The van der Waals surface area contributed by atoms with Crippen molar-refractivity contribution in [2.75, 3.05) is 18.8 Å². The highest BCUT2D eigenvalue weighted by molar-refractivity contribution is 8.13. The normalized spacial score (nSPS) is 18.6. The van der Waals surface area contributed by atoms with Crippen LogP contribution in [0.4, 0.5) is 0 Å². The maximum atomic E-state index is 2.49. The number of thioether (sulfide) groups is 1. The molecule has 0 N–H and O–H groups in total. The van der Waals surface area contributed by atoms with Gasteiger partial charge in [-0.25, -0.2) is 4.58 Å². The first kappa shape index (κ1) is 8.12. The van der Waals surface area contributed by atoms with E-state index in [-0.39, 0.29) is 0 Å². The van der Waals surface area contributed by atoms with Gasteiger partial charge in [-0.05, 0) is 0 Å². The quantitative estimate of drug-likeness (QED) is 0.567. The molecule has 10 heavy (non-hydrogen) atoms. The topological polar surface area (TPSA) is 3.01 Å². The first-order chi connectivity index (χ1) is 4.84. The predicted octanol–water partition coefficient (Wildman–Crippen LogP) is 1.96. The summed E-state index contributed by atoms with van der Waals surface area (Å²) in [5.41, 5.74) is 0. The molecule has 0 amide bonds. The average molecular weight is 158 g/mol. The maximum Gasteiger partial charge on any atom is 0.207 e. The molecule has 1 aliphatic heterocycles. The van der Waals surface area contributed by atoms with Crippen molar-refractivity contribution in [3.8, 4) is 0 Å². The van der Waals surface area contributed by atoms with E-state index in [4.69, 9.17) is 0 Å². The zero-order chi connectivity index (χ0) is 7.40. The number of rotatable bonds is 3. The highest BCUT2D eigenvalue weighted by Crippen LogP contribution is 2.11. The van der Waals surface area contributed by atoms with Crippen LogP contribution >= 0.6 is 11.8 Å². The first-order valence-electron chi connectivity index (χ1n) is 4.06. The minimum absolute atomic E-state index is 1.27. The molecule has 0 aromatic carbocycles. The first-order valence-corrected chi connectivity index (χ1v) is 5.04. The monoisotopic (exact) mass is 158 g/mol. The van der Waals surface area contributed by atoms with Crippen molar-refractivity contribution in [1.29, 1.82) is 0 Å². The van der Waals surface area contributed by atoms with Crippen LogP contribution in [0.3, 0.4) is 0 Å². The van der Waals surface area contributed by atoms with E-state index in [1.54, 1.807) is 0 Å². The summed E-state index contributed by atoms with van der Waals surface area (Å²) in [6.07, 6.45) is 2.66. The second-order valence-corrected chi connectivity index (χ2v) is 4.00. The van der Waals surface area contributed by atoms with E-state index in [2.05, 4.69) is 18.4 Å². The van der Waals surface area contributed by atoms with E-state index in [0.29, 0.717) is 0 Å². The maximum absolute atomic E-state index is 2.49. The van der Waals surface area contributed by atoms with Crippen LogP contribution in [0.1, 0.15) is 26.7 Å². The van der Waals surface area contributed by atoms with Crippen molar-refractivity contribution >= 4 is 16.8 Å². The third-order valence-corrected chi connectivity index (χ3v) is 2.96. The van der Waals surface area contributed by atoms with E-state index in [9.17, 15) is 0 Å². The molecule has 0 saturated heterocycles. The van der Waals surface area contributed by atoms with Crippen LogP contribution in [-0.2, 0) is 0 Å². The minimum Gasteiger partial charge on any atom is -0.227 e. The van der Waals surface area contributed by atoms with Crippen molar-refractivity contribution in [3.05, 3.63) is 0 Å². The van der Waals surface area contributed by atoms with Gasteiger partial charge in [0.25, 0.3) is 0 Å². The van der Waals surface area contributed by atoms with Crippen molar-refractivity contribution in [2.45, 2.75) is 26.7 Å². The van der Waals surface area contributed by atoms with Crippen molar-refractivity contribution < 1.29 is 4.58 Å². The lowest BCUT2D eigenvalue weighted by molar-refractivity contribution is -0.518. The minimum atomic E-state index is 1.27. The molecule has 0 saturated carbocycles. The zero-order valence-corrected chi connectivity index (χ0v) is 7.71. The Morgan fingerprint density at radius 2 is 2.40 bits per heavy atom. The molecule has 0 atom stereocenters. The Labute approximate surface area is 67.5 Å². The number of hydrogen-bond acceptors (Lipinski definition) is 1. The summed E-state index contributed by atoms with van der Waals surface area (Å²) < 4.78 is 2.49. The van der Waals surface area contributed by atoms with Crippen LogP contribution in [0, 0.1) is 0 Å². The molecular weight excluding hydrogens is 142 g/mol. The number of unbranched alkanes of at least 4 members (excludes halogenated alkanes) is 1. The third kappa shape index (κ3) is 2.01. The van der Waals surface area contributed by atoms with Crippen molar-refractivity contribution in [3.63, 3.8) is 0 Å². The zero-order valence-electron chi connectivity index (χ0n) is 6.89. The second-order valence-electron chi connectivity index (χ2n) is 2.71. The van der Waals surface area contributed by atoms with Crippen LogP contribution in [-0.4, -0.2) is 28.5 Å². The Hall–Kier alpha value is 0.0200. The summed E-state index contributed by atoms with van der Waals surface area (Å²) in [7, 11) is 0. The molecule has 1 heterocycles. The van der Waals surface area contributed by atoms with E-state index >= 15 is 0 Å². The van der Waals surface area contributed by atoms with E-state index in [1.165, 1.54) is 36.7 Å². The molecule has 0 aromatic rings. The summed E-state index contributed by atoms with van der Waals surface area (Å²) in [6.45, 7) is 7.03. The Balaban J connectivity index is 2.31. The lowest BCUT2D eigenvalue weighted by Crippen LogP contribution is -2.14.